The molecule has 5 aliphatic heterocycles. The molecule has 0 aromatic carbocycles. The van der Waals surface area contributed by atoms with Gasteiger partial charge in [-0.05, 0) is 206 Å². The number of fused-ring (bicyclic) bond motifs is 3. The van der Waals surface area contributed by atoms with E-state index in [1.165, 1.54) is 25.0 Å². The number of carbonyl (C=O) groups excluding carboxylic acids is 8. The zero-order valence-electron chi connectivity index (χ0n) is 73.4. The van der Waals surface area contributed by atoms with E-state index in [1.807, 2.05) is 136 Å². The molecule has 13 rings (SSSR count). The van der Waals surface area contributed by atoms with Crippen LogP contribution < -0.4 is 22.9 Å². The molecule has 0 saturated carbocycles. The molecule has 687 valence electrons. The number of imidazole rings is 3. The molecular formula is C80H117BBr2Cl4N23O14S. The molecule has 45 heteroatoms. The zero-order chi connectivity index (χ0) is 91.3. The molecule has 5 saturated heterocycles. The number of hydrogen-bond donors (Lipinski definition) is 5. The van der Waals surface area contributed by atoms with E-state index in [9.17, 15) is 28.8 Å². The van der Waals surface area contributed by atoms with Crippen LogP contribution >= 0.6 is 91.1 Å². The van der Waals surface area contributed by atoms with Crippen LogP contribution in [0.25, 0.3) is 16.6 Å². The quantitative estimate of drug-likeness (QED) is 0.0562. The van der Waals surface area contributed by atoms with Gasteiger partial charge in [0.25, 0.3) is 0 Å². The van der Waals surface area contributed by atoms with Crippen molar-refractivity contribution in [2.75, 3.05) is 71.2 Å². The van der Waals surface area contributed by atoms with Crippen LogP contribution in [0, 0.1) is 5.92 Å². The van der Waals surface area contributed by atoms with E-state index in [0.29, 0.717) is 94.2 Å². The molecule has 37 nitrogen and oxygen atoms in total. The summed E-state index contributed by atoms with van der Waals surface area (Å²) >= 11 is 33.9. The number of aromatic nitrogens is 13. The second kappa shape index (κ2) is 50.7. The topological polar surface area (TPSA) is 484 Å². The van der Waals surface area contributed by atoms with Crippen LogP contribution in [0.5, 0.6) is 0 Å². The van der Waals surface area contributed by atoms with Crippen LogP contribution in [0.3, 0.4) is 0 Å². The fraction of sp³-hybridized carbons (Fsp3) is 0.588. The second-order valence-electron chi connectivity index (χ2n) is 33.9. The van der Waals surface area contributed by atoms with Gasteiger partial charge in [-0.1, -0.05) is 46.4 Å². The van der Waals surface area contributed by atoms with Gasteiger partial charge in [-0.25, -0.2) is 63.8 Å². The van der Waals surface area contributed by atoms with Crippen molar-refractivity contribution in [1.29, 1.82) is 0 Å². The molecule has 0 spiro atoms. The third-order valence-electron chi connectivity index (χ3n) is 18.3. The van der Waals surface area contributed by atoms with Gasteiger partial charge < -0.3 is 76.6 Å². The number of piperidine rings is 5. The number of carbonyl (C=O) groups is 6. The molecule has 1 radical (unpaired) electrons. The molecule has 8 aromatic rings. The van der Waals surface area contributed by atoms with Crippen molar-refractivity contribution >= 4 is 164 Å². The first-order valence-corrected chi connectivity index (χ1v) is 43.5. The molecule has 125 heavy (non-hydrogen) atoms. The van der Waals surface area contributed by atoms with Gasteiger partial charge >= 0.3 is 61.4 Å². The Kier molecular flexibility index (Phi) is 44.0. The molecular weight excluding hydrogens is 1850 g/mol. The van der Waals surface area contributed by atoms with Gasteiger partial charge in [-0.15, -0.1) is 0 Å². The Morgan fingerprint density at radius 2 is 0.816 bits per heavy atom. The minimum atomic E-state index is -0.547. The summed E-state index contributed by atoms with van der Waals surface area (Å²) in [5.41, 5.74) is 12.3. The molecule has 0 bridgehead atoms. The molecule has 13 heterocycles. The summed E-state index contributed by atoms with van der Waals surface area (Å²) in [6.07, 6.45) is 27.9. The van der Waals surface area contributed by atoms with E-state index in [1.54, 1.807) is 55.5 Å². The number of halogens is 6. The number of nitrogens with zero attached hydrogens (tertiary/aromatic N) is 19. The number of nitrogens with two attached hydrogens (primary N) is 2. The molecule has 5 fully saturated rings. The summed E-state index contributed by atoms with van der Waals surface area (Å²) in [6, 6.07) is 0. The number of ether oxygens (including phenoxy) is 5. The van der Waals surface area contributed by atoms with Crippen molar-refractivity contribution in [2.24, 2.45) is 16.0 Å². The fourth-order valence-electron chi connectivity index (χ4n) is 13.2. The number of rotatable bonds is 7. The van der Waals surface area contributed by atoms with Gasteiger partial charge in [0.2, 0.25) is 5.91 Å². The van der Waals surface area contributed by atoms with E-state index < -0.39 is 22.4 Å². The van der Waals surface area contributed by atoms with Crippen molar-refractivity contribution in [3.63, 3.8) is 0 Å². The van der Waals surface area contributed by atoms with Crippen molar-refractivity contribution in [2.45, 2.75) is 233 Å². The third-order valence-corrected chi connectivity index (χ3v) is 20.6. The Bertz CT molecular complexity index is 4730. The number of anilines is 1. The van der Waals surface area contributed by atoms with Crippen LogP contribution in [0.15, 0.2) is 81.7 Å². The standard InChI is InChI=1S/C16H20BrClN4O2.C16H22BrN5O2.C16H23ClN4O3.C16H21ClN4O2.C10H19NO2.C5H6ClN3.CO2.BHNS.H3N.H2O/c2*1-16(2,3)24-15(23)21-7-4-5-10(9-21)14-20-12(17)11-13(18)19-6-8-22(11)14;1-16(2,3)24-15(23)21-8-4-5-11(10-21)14(22)20-9-12-13(17)19-7-6-18-12;1-16(2,3)23-15(22)20-7-4-5-11(10-20)14-19-9-12-13(17)18-6-8-21(12)14;1-10(2,3)13-9(12)11-7-5-4-6-8-11;6-5-4(3-7)8-1-2-9-5;2-1-3;1-2-3;;/h6,8,10H,4-5,7,9H2,1-3H3;6,8,10H,4-5,7,9H2,1-3H3,(H2,18,19);6-7,11H,4-5,8-10H2,1-3H3,(H,20,22);6,8-9,11H,4-5,7,10H2,1-3H3;4-8H2,1-3H3;1-2H,3,7H2;;3H;1H3;1H2/t2*10-;2*11-;;;;;;/m1111....../s1. The molecule has 5 aliphatic rings. The van der Waals surface area contributed by atoms with Crippen molar-refractivity contribution in [1.82, 2.24) is 99.0 Å². The van der Waals surface area contributed by atoms with E-state index in [4.69, 9.17) is 91.1 Å². The first-order valence-electron chi connectivity index (χ1n) is 40.0. The maximum absolute atomic E-state index is 12.4. The van der Waals surface area contributed by atoms with Gasteiger partial charge in [0.05, 0.1) is 30.0 Å². The Morgan fingerprint density at radius 3 is 1.22 bits per heavy atom. The number of nitrogen functional groups attached to an aromatic ring is 1. The summed E-state index contributed by atoms with van der Waals surface area (Å²) in [7, 11) is 4.34. The summed E-state index contributed by atoms with van der Waals surface area (Å²) in [5, 5.41) is 4.32. The van der Waals surface area contributed by atoms with Crippen molar-refractivity contribution < 1.29 is 67.5 Å². The van der Waals surface area contributed by atoms with Gasteiger partial charge in [-0.3, -0.25) is 28.0 Å². The normalized spacial score (nSPS) is 17.0. The Balaban J connectivity index is 0.000000316. The van der Waals surface area contributed by atoms with Gasteiger partial charge in [0, 0.05) is 152 Å². The Morgan fingerprint density at radius 1 is 0.480 bits per heavy atom. The number of amides is 6. The van der Waals surface area contributed by atoms with Gasteiger partial charge in [0.1, 0.15) is 71.2 Å². The first kappa shape index (κ1) is 109. The number of thiol groups is 1. The molecule has 0 unspecified atom stereocenters. The van der Waals surface area contributed by atoms with Gasteiger partial charge in [0.15, 0.2) is 26.4 Å². The number of hydrogen-bond acceptors (Lipinski definition) is 28. The van der Waals surface area contributed by atoms with E-state index >= 15 is 0 Å². The summed E-state index contributed by atoms with van der Waals surface area (Å²) < 4.78 is 37.0. The molecule has 0 aliphatic carbocycles. The molecule has 6 amide bonds. The average Bonchev–Trinajstić information content (AvgIpc) is 1.63. The third kappa shape index (κ3) is 35.4. The zero-order valence-corrected chi connectivity index (χ0v) is 80.5. The van der Waals surface area contributed by atoms with Crippen LogP contribution in [-0.4, -0.2) is 237 Å². The summed E-state index contributed by atoms with van der Waals surface area (Å²) in [4.78, 5) is 140. The SMILES string of the molecule is CC(C)(C)OC(=O)N1CCCCC1.CC(C)(C)OC(=O)N1CCC[C@@H](C(=O)NCc2nccnc2Cl)C1.CC(C)(C)OC(=O)N1CCC[C@@H](c2nc(Br)c3c(Cl)nccn23)C1.CC(C)(C)OC(=O)N1CCC[C@@H](c2nc(Br)c3c(N)nccn23)C1.CC(C)(C)OC(=O)N1CCC[C@@H](c2ncc3c(Cl)nccn23)C1.N.NCc1nccnc1Cl.O.O=C=O.[B]=NS. The summed E-state index contributed by atoms with van der Waals surface area (Å²) in [6.45, 7) is 35.2. The molecule has 4 atom stereocenters. The van der Waals surface area contributed by atoms with E-state index in [2.05, 4.69) is 112 Å². The molecule has 8 aromatic heterocycles. The van der Waals surface area contributed by atoms with Crippen LogP contribution in [0.2, 0.25) is 20.6 Å². The number of likely N-dealkylation sites (tertiary alicyclic amines) is 5. The predicted octanol–water partition coefficient (Wildman–Crippen LogP) is 15.3. The van der Waals surface area contributed by atoms with E-state index in [-0.39, 0.29) is 95.1 Å². The second-order valence-corrected chi connectivity index (χ2v) is 37.0. The van der Waals surface area contributed by atoms with Crippen molar-refractivity contribution in [3.05, 3.63) is 127 Å². The van der Waals surface area contributed by atoms with Gasteiger partial charge in [-0.2, -0.15) is 9.59 Å². The fourth-order valence-corrected chi connectivity index (χ4v) is 15.3. The monoisotopic (exact) mass is 1960 g/mol. The Hall–Kier alpha value is -8.77. The van der Waals surface area contributed by atoms with Crippen LogP contribution in [0.1, 0.15) is 221 Å². The maximum atomic E-state index is 12.4. The number of nitrogens with one attached hydrogen (secondary N) is 1. The molecule has 10 N–H and O–H groups in total. The van der Waals surface area contributed by atoms with Crippen LogP contribution in [-0.2, 0) is 51.2 Å². The summed E-state index contributed by atoms with van der Waals surface area (Å²) in [5.74, 6) is 3.16. The van der Waals surface area contributed by atoms with Crippen molar-refractivity contribution in [3.8, 4) is 0 Å². The van der Waals surface area contributed by atoms with Crippen LogP contribution in [0.4, 0.5) is 29.8 Å². The first-order chi connectivity index (χ1) is 57.8. The van der Waals surface area contributed by atoms with E-state index in [0.717, 1.165) is 118 Å². The minimum absolute atomic E-state index is 0. The Labute approximate surface area is 772 Å². The predicted molar refractivity (Wildman–Crippen MR) is 485 cm³/mol. The average molecular weight is 1970 g/mol.